The monoisotopic (exact) mass is 744 g/mol. The van der Waals surface area contributed by atoms with Crippen molar-refractivity contribution in [2.75, 3.05) is 0 Å². The predicted octanol–water partition coefficient (Wildman–Crippen LogP) is 1.90. The number of aliphatic hydroxyl groups excluding tert-OH is 3. The first-order chi connectivity index (χ1) is 9.99. The van der Waals surface area contributed by atoms with Crippen molar-refractivity contribution in [1.29, 1.82) is 0 Å². The molecule has 0 aromatic heterocycles. The van der Waals surface area contributed by atoms with Crippen LogP contribution < -0.4 is 0 Å². The van der Waals surface area contributed by atoms with E-state index < -0.39 is 18.3 Å². The van der Waals surface area contributed by atoms with Crippen LogP contribution in [-0.2, 0) is 168 Å². The van der Waals surface area contributed by atoms with Crippen molar-refractivity contribution in [2.24, 2.45) is 17.8 Å². The fourth-order valence-corrected chi connectivity index (χ4v) is 4.19. The molecule has 2 rings (SSSR count). The summed E-state index contributed by atoms with van der Waals surface area (Å²) in [7, 11) is 0. The van der Waals surface area contributed by atoms with Crippen LogP contribution in [-0.4, -0.2) is 45.8 Å². The molecule has 0 bridgehead atoms. The molecule has 26 heavy (non-hydrogen) atoms. The normalized spacial score (nSPS) is 39.0. The van der Waals surface area contributed by atoms with Gasteiger partial charge in [-0.2, -0.15) is 0 Å². The molecule has 0 amide bonds. The first kappa shape index (κ1) is 38.6. The Labute approximate surface area is 285 Å². The fraction of sp³-hybridized carbons (Fsp3) is 0.941. The molecule has 0 aromatic carbocycles. The summed E-state index contributed by atoms with van der Waals surface area (Å²) < 4.78 is 5.74. The van der Waals surface area contributed by atoms with Crippen molar-refractivity contribution in [3.8, 4) is 0 Å². The summed E-state index contributed by atoms with van der Waals surface area (Å²) in [5.41, 5.74) is 0. The topological polar surface area (TPSA) is 69.9 Å². The van der Waals surface area contributed by atoms with Crippen molar-refractivity contribution < 1.29 is 184 Å². The number of ether oxygens (including phenoxy) is 1. The molecule has 1 saturated carbocycles. The molecule has 9 heteroatoms. The zero-order valence-corrected chi connectivity index (χ0v) is 30.4. The SMILES string of the molecule is [CH2-][C@H]1O[C@@H](C[C@@H]2CCC[C@H](CC)[C@H]2O)[C@H](O)[C@@H](CC)[C@H]1O.[Y].[Y].[Y].[Y].[Y]. The van der Waals surface area contributed by atoms with E-state index in [9.17, 15) is 15.3 Å². The van der Waals surface area contributed by atoms with Gasteiger partial charge in [0, 0.05) is 169 Å². The van der Waals surface area contributed by atoms with E-state index in [-0.39, 0.29) is 188 Å². The van der Waals surface area contributed by atoms with Crippen LogP contribution >= 0.6 is 0 Å². The van der Waals surface area contributed by atoms with Gasteiger partial charge in [-0.25, -0.2) is 0 Å². The second-order valence-corrected chi connectivity index (χ2v) is 6.85. The van der Waals surface area contributed by atoms with Crippen LogP contribution in [0.5, 0.6) is 0 Å². The third-order valence-electron chi connectivity index (χ3n) is 5.64. The second-order valence-electron chi connectivity index (χ2n) is 6.85. The summed E-state index contributed by atoms with van der Waals surface area (Å²) in [6.07, 6.45) is 3.10. The molecule has 0 spiro atoms. The van der Waals surface area contributed by atoms with E-state index in [1.807, 2.05) is 6.92 Å². The quantitative estimate of drug-likeness (QED) is 0.386. The number of hydrogen-bond donors (Lipinski definition) is 3. The largest absolute Gasteiger partial charge is 0.402 e. The van der Waals surface area contributed by atoms with Gasteiger partial charge in [-0.3, -0.25) is 0 Å². The Kier molecular flexibility index (Phi) is 29.4. The first-order valence-corrected chi connectivity index (χ1v) is 8.52. The van der Waals surface area contributed by atoms with E-state index >= 15 is 0 Å². The van der Waals surface area contributed by atoms with Crippen molar-refractivity contribution in [1.82, 2.24) is 0 Å². The van der Waals surface area contributed by atoms with Gasteiger partial charge in [0.2, 0.25) is 0 Å². The Morgan fingerprint density at radius 2 is 1.35 bits per heavy atom. The van der Waals surface area contributed by atoms with Gasteiger partial charge in [0.1, 0.15) is 0 Å². The molecular weight excluding hydrogens is 713 g/mol. The summed E-state index contributed by atoms with van der Waals surface area (Å²) in [6, 6.07) is 0. The van der Waals surface area contributed by atoms with Crippen LogP contribution in [0.15, 0.2) is 0 Å². The summed E-state index contributed by atoms with van der Waals surface area (Å²) in [5, 5.41) is 31.0. The van der Waals surface area contributed by atoms with Gasteiger partial charge in [0.25, 0.3) is 0 Å². The Morgan fingerprint density at radius 1 is 0.808 bits per heavy atom. The molecular formula is C17H31O4Y5-. The molecule has 5 radical (unpaired) electrons. The molecule has 0 aromatic rings. The van der Waals surface area contributed by atoms with Gasteiger partial charge in [-0.05, 0) is 43.6 Å². The van der Waals surface area contributed by atoms with E-state index in [0.717, 1.165) is 25.7 Å². The van der Waals surface area contributed by atoms with Gasteiger partial charge < -0.3 is 27.0 Å². The Balaban J connectivity index is -0.000000484. The van der Waals surface area contributed by atoms with Crippen LogP contribution in [0.25, 0.3) is 0 Å². The summed E-state index contributed by atoms with van der Waals surface area (Å²) in [5.74, 6) is 0.366. The summed E-state index contributed by atoms with van der Waals surface area (Å²) in [6.45, 7) is 7.95. The molecule has 1 aliphatic carbocycles. The number of rotatable bonds is 4. The summed E-state index contributed by atoms with van der Waals surface area (Å²) in [4.78, 5) is 0. The van der Waals surface area contributed by atoms with Crippen LogP contribution in [0.4, 0.5) is 0 Å². The van der Waals surface area contributed by atoms with Crippen LogP contribution in [0.1, 0.15) is 52.4 Å². The van der Waals surface area contributed by atoms with E-state index in [4.69, 9.17) is 4.74 Å². The van der Waals surface area contributed by atoms with E-state index in [0.29, 0.717) is 18.8 Å². The predicted molar refractivity (Wildman–Crippen MR) is 81.6 cm³/mol. The van der Waals surface area contributed by atoms with Crippen molar-refractivity contribution in [3.05, 3.63) is 6.92 Å². The third kappa shape index (κ3) is 10.5. The minimum absolute atomic E-state index is 0. The van der Waals surface area contributed by atoms with Crippen molar-refractivity contribution >= 4 is 0 Å². The molecule has 8 atom stereocenters. The van der Waals surface area contributed by atoms with E-state index in [1.165, 1.54) is 0 Å². The molecule has 4 nitrogen and oxygen atoms in total. The maximum Gasteiger partial charge on any atom is 0.0853 e. The van der Waals surface area contributed by atoms with Gasteiger partial charge in [0.15, 0.2) is 0 Å². The maximum atomic E-state index is 10.5. The minimum atomic E-state index is -0.707. The molecule has 139 valence electrons. The number of hydrogen-bond acceptors (Lipinski definition) is 4. The van der Waals surface area contributed by atoms with Crippen LogP contribution in [0, 0.1) is 24.7 Å². The van der Waals surface area contributed by atoms with Crippen LogP contribution in [0.3, 0.4) is 0 Å². The first-order valence-electron chi connectivity index (χ1n) is 8.52. The Morgan fingerprint density at radius 3 is 1.85 bits per heavy atom. The Hall–Kier alpha value is 5.36. The minimum Gasteiger partial charge on any atom is -0.402 e. The van der Waals surface area contributed by atoms with Crippen molar-refractivity contribution in [3.63, 3.8) is 0 Å². The molecule has 2 aliphatic rings. The van der Waals surface area contributed by atoms with Gasteiger partial charge in [-0.15, -0.1) is 0 Å². The maximum absolute atomic E-state index is 10.5. The molecule has 1 saturated heterocycles. The smallest absolute Gasteiger partial charge is 0.0853 e. The molecule has 0 unspecified atom stereocenters. The third-order valence-corrected chi connectivity index (χ3v) is 5.64. The molecule has 1 heterocycles. The average molecular weight is 744 g/mol. The van der Waals surface area contributed by atoms with Gasteiger partial charge >= 0.3 is 0 Å². The standard InChI is InChI=1S/C17H31O4.5Y/c1-4-11-7-6-8-12(16(11)19)9-14-17(20)13(5-2)15(18)10(3)21-14;;;;;/h10-20H,3-9H2,1-2H3;;;;;/q-1;;;;;/t10-,11+,12+,13+,14+,15+,16-,17-;;;;;/m1...../s1. The Bertz CT molecular complexity index is 340. The number of aliphatic hydroxyl groups is 3. The average Bonchev–Trinajstić information content (AvgIpc) is 2.47. The van der Waals surface area contributed by atoms with Gasteiger partial charge in [0.05, 0.1) is 24.4 Å². The van der Waals surface area contributed by atoms with Gasteiger partial charge in [-0.1, -0.05) is 26.7 Å². The molecule has 3 N–H and O–H groups in total. The van der Waals surface area contributed by atoms with Crippen molar-refractivity contribution in [2.45, 2.75) is 82.9 Å². The zero-order chi connectivity index (χ0) is 15.6. The van der Waals surface area contributed by atoms with Crippen LogP contribution in [0.2, 0.25) is 0 Å². The zero-order valence-electron chi connectivity index (χ0n) is 16.2. The summed E-state index contributed by atoms with van der Waals surface area (Å²) >= 11 is 0. The molecule has 2 fully saturated rings. The van der Waals surface area contributed by atoms with E-state index in [1.54, 1.807) is 0 Å². The second kappa shape index (κ2) is 19.8. The van der Waals surface area contributed by atoms with E-state index in [2.05, 4.69) is 13.8 Å². The molecule has 1 aliphatic heterocycles. The fourth-order valence-electron chi connectivity index (χ4n) is 4.19.